The van der Waals surface area contributed by atoms with Crippen LogP contribution in [0.25, 0.3) is 0 Å². The van der Waals surface area contributed by atoms with Gasteiger partial charge in [-0.3, -0.25) is 9.69 Å². The number of aryl methyl sites for hydroxylation is 1. The molecule has 2 aromatic carbocycles. The Morgan fingerprint density at radius 1 is 1.03 bits per heavy atom. The lowest BCUT2D eigenvalue weighted by Gasteiger charge is -2.25. The van der Waals surface area contributed by atoms with E-state index in [4.69, 9.17) is 9.47 Å². The predicted molar refractivity (Wildman–Crippen MR) is 115 cm³/mol. The predicted octanol–water partition coefficient (Wildman–Crippen LogP) is 3.08. The second-order valence-electron chi connectivity index (χ2n) is 7.50. The van der Waals surface area contributed by atoms with Gasteiger partial charge >= 0.3 is 12.1 Å². The number of rotatable bonds is 8. The molecule has 2 aromatic rings. The molecule has 1 aliphatic heterocycles. The lowest BCUT2D eigenvalue weighted by atomic mass is 10.0. The number of hydrogen-bond donors (Lipinski definition) is 1. The summed E-state index contributed by atoms with van der Waals surface area (Å²) in [5.41, 5.74) is 1.94. The Morgan fingerprint density at radius 3 is 2.32 bits per heavy atom. The zero-order valence-corrected chi connectivity index (χ0v) is 17.7. The molecule has 0 aromatic heterocycles. The maximum absolute atomic E-state index is 12.9. The lowest BCUT2D eigenvalue weighted by molar-refractivity contribution is -0.145. The van der Waals surface area contributed by atoms with Crippen LogP contribution in [0.1, 0.15) is 30.4 Å². The van der Waals surface area contributed by atoms with E-state index in [1.54, 1.807) is 0 Å². The fourth-order valence-electron chi connectivity index (χ4n) is 3.67. The molecule has 0 radical (unpaired) electrons. The smallest absolute Gasteiger partial charge is 0.410 e. The van der Waals surface area contributed by atoms with Crippen LogP contribution in [0.15, 0.2) is 60.7 Å². The molecule has 2 amide bonds. The highest BCUT2D eigenvalue weighted by atomic mass is 16.6. The van der Waals surface area contributed by atoms with Crippen molar-refractivity contribution in [1.82, 2.24) is 10.2 Å². The van der Waals surface area contributed by atoms with Crippen LogP contribution in [-0.2, 0) is 32.1 Å². The van der Waals surface area contributed by atoms with Gasteiger partial charge in [-0.15, -0.1) is 0 Å². The van der Waals surface area contributed by atoms with Gasteiger partial charge in [0.25, 0.3) is 0 Å². The third-order valence-electron chi connectivity index (χ3n) is 5.36. The first-order valence-electron chi connectivity index (χ1n) is 10.5. The van der Waals surface area contributed by atoms with E-state index < -0.39 is 24.1 Å². The summed E-state index contributed by atoms with van der Waals surface area (Å²) >= 11 is 0. The van der Waals surface area contributed by atoms with Gasteiger partial charge in [-0.05, 0) is 36.8 Å². The number of amides is 2. The number of carbonyl (C=O) groups excluding carboxylic acids is 3. The molecule has 31 heavy (non-hydrogen) atoms. The number of nitrogens with zero attached hydrogens (tertiary/aromatic N) is 1. The quantitative estimate of drug-likeness (QED) is 0.659. The van der Waals surface area contributed by atoms with E-state index >= 15 is 0 Å². The molecular formula is C24H28N2O5. The fraction of sp³-hybridized carbons (Fsp3) is 0.375. The standard InChI is InChI=1S/C24H28N2O5/c1-30-23(28)20(15-14-18-9-4-2-5-10-18)25-22(27)21-13-8-16-26(21)24(29)31-17-19-11-6-3-7-12-19/h2-7,9-12,20-21H,8,13-17H2,1H3,(H,25,27)/t20-,21+/m0/s1. The third-order valence-corrected chi connectivity index (χ3v) is 5.36. The van der Waals surface area contributed by atoms with Crippen LogP contribution in [0.4, 0.5) is 4.79 Å². The van der Waals surface area contributed by atoms with Crippen molar-refractivity contribution in [3.05, 3.63) is 71.8 Å². The van der Waals surface area contributed by atoms with Crippen LogP contribution in [0.3, 0.4) is 0 Å². The second kappa shape index (κ2) is 11.2. The van der Waals surface area contributed by atoms with E-state index in [0.717, 1.165) is 11.1 Å². The average molecular weight is 424 g/mol. The molecule has 2 atom stereocenters. The summed E-state index contributed by atoms with van der Waals surface area (Å²) in [6, 6.07) is 17.7. The number of carbonyl (C=O) groups is 3. The first kappa shape index (κ1) is 22.3. The SMILES string of the molecule is COC(=O)[C@H](CCc1ccccc1)NC(=O)[C@H]1CCCN1C(=O)OCc1ccccc1. The van der Waals surface area contributed by atoms with E-state index in [1.165, 1.54) is 12.0 Å². The number of ether oxygens (including phenoxy) is 2. The van der Waals surface area contributed by atoms with Crippen LogP contribution >= 0.6 is 0 Å². The van der Waals surface area contributed by atoms with Gasteiger partial charge in [-0.2, -0.15) is 0 Å². The molecule has 0 bridgehead atoms. The molecule has 7 heteroatoms. The normalized spacial score (nSPS) is 16.4. The highest BCUT2D eigenvalue weighted by molar-refractivity contribution is 5.90. The van der Waals surface area contributed by atoms with Crippen LogP contribution in [0.2, 0.25) is 0 Å². The first-order chi connectivity index (χ1) is 15.1. The summed E-state index contributed by atoms with van der Waals surface area (Å²) in [6.07, 6.45) is 1.73. The molecule has 0 unspecified atom stereocenters. The van der Waals surface area contributed by atoms with Crippen molar-refractivity contribution in [2.75, 3.05) is 13.7 Å². The molecule has 0 spiro atoms. The van der Waals surface area contributed by atoms with Gasteiger partial charge < -0.3 is 14.8 Å². The summed E-state index contributed by atoms with van der Waals surface area (Å²) in [5.74, 6) is -0.863. The van der Waals surface area contributed by atoms with Crippen LogP contribution in [0, 0.1) is 0 Å². The van der Waals surface area contributed by atoms with Crippen molar-refractivity contribution in [3.63, 3.8) is 0 Å². The van der Waals surface area contributed by atoms with E-state index in [0.29, 0.717) is 32.2 Å². The molecule has 1 heterocycles. The Kier molecular flexibility index (Phi) is 8.04. The van der Waals surface area contributed by atoms with Crippen molar-refractivity contribution < 1.29 is 23.9 Å². The molecule has 0 saturated carbocycles. The molecular weight excluding hydrogens is 396 g/mol. The van der Waals surface area contributed by atoms with Gasteiger partial charge in [0.2, 0.25) is 5.91 Å². The number of likely N-dealkylation sites (tertiary alicyclic amines) is 1. The Bertz CT molecular complexity index is 872. The Labute approximate surface area is 182 Å². The zero-order valence-electron chi connectivity index (χ0n) is 17.7. The fourth-order valence-corrected chi connectivity index (χ4v) is 3.67. The maximum atomic E-state index is 12.9. The largest absolute Gasteiger partial charge is 0.467 e. The highest BCUT2D eigenvalue weighted by Gasteiger charge is 2.36. The van der Waals surface area contributed by atoms with Gasteiger partial charge in [0.15, 0.2) is 0 Å². The Balaban J connectivity index is 1.57. The van der Waals surface area contributed by atoms with Crippen molar-refractivity contribution in [2.24, 2.45) is 0 Å². The van der Waals surface area contributed by atoms with Crippen LogP contribution in [-0.4, -0.2) is 48.6 Å². The minimum Gasteiger partial charge on any atom is -0.467 e. The number of benzene rings is 2. The summed E-state index contributed by atoms with van der Waals surface area (Å²) in [7, 11) is 1.30. The minimum atomic E-state index is -0.777. The minimum absolute atomic E-state index is 0.145. The first-order valence-corrected chi connectivity index (χ1v) is 10.5. The number of esters is 1. The Hall–Kier alpha value is -3.35. The average Bonchev–Trinajstić information content (AvgIpc) is 3.31. The van der Waals surface area contributed by atoms with Gasteiger partial charge in [-0.1, -0.05) is 60.7 Å². The van der Waals surface area contributed by atoms with Gasteiger partial charge in [0.05, 0.1) is 7.11 Å². The van der Waals surface area contributed by atoms with Gasteiger partial charge in [-0.25, -0.2) is 9.59 Å². The van der Waals surface area contributed by atoms with E-state index in [9.17, 15) is 14.4 Å². The van der Waals surface area contributed by atoms with E-state index in [2.05, 4.69) is 5.32 Å². The summed E-state index contributed by atoms with van der Waals surface area (Å²) < 4.78 is 10.3. The monoisotopic (exact) mass is 424 g/mol. The van der Waals surface area contributed by atoms with Crippen molar-refractivity contribution in [2.45, 2.75) is 44.4 Å². The van der Waals surface area contributed by atoms with Gasteiger partial charge in [0, 0.05) is 6.54 Å². The molecule has 0 aliphatic carbocycles. The lowest BCUT2D eigenvalue weighted by Crippen LogP contribution is -2.51. The maximum Gasteiger partial charge on any atom is 0.410 e. The molecule has 1 fully saturated rings. The van der Waals surface area contributed by atoms with Crippen molar-refractivity contribution >= 4 is 18.0 Å². The molecule has 1 aliphatic rings. The van der Waals surface area contributed by atoms with Crippen molar-refractivity contribution in [1.29, 1.82) is 0 Å². The van der Waals surface area contributed by atoms with E-state index in [1.807, 2.05) is 60.7 Å². The second-order valence-corrected chi connectivity index (χ2v) is 7.50. The summed E-state index contributed by atoms with van der Waals surface area (Å²) in [5, 5.41) is 2.78. The van der Waals surface area contributed by atoms with Gasteiger partial charge in [0.1, 0.15) is 18.7 Å². The van der Waals surface area contributed by atoms with Crippen molar-refractivity contribution in [3.8, 4) is 0 Å². The zero-order chi connectivity index (χ0) is 22.1. The molecule has 1 N–H and O–H groups in total. The third kappa shape index (κ3) is 6.31. The molecule has 7 nitrogen and oxygen atoms in total. The van der Waals surface area contributed by atoms with Crippen LogP contribution in [0.5, 0.6) is 0 Å². The number of nitrogens with one attached hydrogen (secondary N) is 1. The molecule has 164 valence electrons. The Morgan fingerprint density at radius 2 is 1.68 bits per heavy atom. The van der Waals surface area contributed by atoms with Crippen LogP contribution < -0.4 is 5.32 Å². The molecule has 1 saturated heterocycles. The number of methoxy groups -OCH3 is 1. The summed E-state index contributed by atoms with van der Waals surface area (Å²) in [4.78, 5) is 39.1. The number of hydrogen-bond acceptors (Lipinski definition) is 5. The molecule has 3 rings (SSSR count). The summed E-state index contributed by atoms with van der Waals surface area (Å²) in [6.45, 7) is 0.588. The topological polar surface area (TPSA) is 84.9 Å². The highest BCUT2D eigenvalue weighted by Crippen LogP contribution is 2.20. The van der Waals surface area contributed by atoms with E-state index in [-0.39, 0.29) is 12.5 Å².